The fourth-order valence-corrected chi connectivity index (χ4v) is 7.28. The molecule has 0 bridgehead atoms. The van der Waals surface area contributed by atoms with Crippen LogP contribution in [0.2, 0.25) is 0 Å². The van der Waals surface area contributed by atoms with E-state index < -0.39 is 29.0 Å². The highest BCUT2D eigenvalue weighted by Crippen LogP contribution is 2.46. The maximum Gasteiger partial charge on any atom is 0.417 e. The second-order valence-corrected chi connectivity index (χ2v) is 12.8. The minimum atomic E-state index is -5.30. The van der Waals surface area contributed by atoms with Crippen LogP contribution in [-0.4, -0.2) is 9.13 Å². The molecule has 7 nitrogen and oxygen atoms in total. The van der Waals surface area contributed by atoms with E-state index in [1.165, 1.54) is 45.5 Å². The smallest absolute Gasteiger partial charge is 0.308 e. The highest BCUT2D eigenvalue weighted by atomic mass is 19.4. The van der Waals surface area contributed by atoms with E-state index in [0.29, 0.717) is 49.7 Å². The molecule has 0 spiro atoms. The molecule has 2 heterocycles. The molecule has 0 saturated heterocycles. The Morgan fingerprint density at radius 3 is 1.16 bits per heavy atom. The van der Waals surface area contributed by atoms with Crippen molar-refractivity contribution in [3.63, 3.8) is 0 Å². The van der Waals surface area contributed by atoms with Gasteiger partial charge in [0.1, 0.15) is 6.07 Å². The molecule has 0 fully saturated rings. The summed E-state index contributed by atoms with van der Waals surface area (Å²) < 4.78 is 89.9. The fraction of sp³-hybridized carbons (Fsp3) is 0.0465. The van der Waals surface area contributed by atoms with Crippen LogP contribution in [0.25, 0.3) is 66.1 Å². The Hall–Kier alpha value is -8.05. The van der Waals surface area contributed by atoms with Crippen LogP contribution in [0.3, 0.4) is 0 Å². The Balaban J connectivity index is 1.61. The van der Waals surface area contributed by atoms with Gasteiger partial charge >= 0.3 is 12.4 Å². The SMILES string of the molecule is N#Cc1ccc2c3ccc(C#N)cc3n(-c3cc(-c4ccc(C(F)(F)F)cc4C(F)(F)F)c(-n4c5cc(C#N)ccc5c5ccc(C#N)cc54)cc3C#N)c2c1. The summed E-state index contributed by atoms with van der Waals surface area (Å²) in [4.78, 5) is 0. The van der Waals surface area contributed by atoms with Crippen molar-refractivity contribution in [2.45, 2.75) is 12.4 Å². The molecule has 266 valence electrons. The van der Waals surface area contributed by atoms with Crippen LogP contribution in [0.1, 0.15) is 38.9 Å². The lowest BCUT2D eigenvalue weighted by Crippen LogP contribution is -2.13. The molecular weight excluding hydrogens is 729 g/mol. The lowest BCUT2D eigenvalue weighted by Gasteiger charge is -2.22. The molecule has 0 aliphatic heterocycles. The second kappa shape index (κ2) is 12.5. The Labute approximate surface area is 312 Å². The van der Waals surface area contributed by atoms with Crippen molar-refractivity contribution in [1.29, 1.82) is 26.3 Å². The molecule has 0 aliphatic rings. The van der Waals surface area contributed by atoms with Gasteiger partial charge in [0.15, 0.2) is 0 Å². The fourth-order valence-electron chi connectivity index (χ4n) is 7.28. The van der Waals surface area contributed by atoms with E-state index in [2.05, 4.69) is 18.2 Å². The molecule has 56 heavy (non-hydrogen) atoms. The van der Waals surface area contributed by atoms with Crippen molar-refractivity contribution in [2.24, 2.45) is 0 Å². The zero-order valence-electron chi connectivity index (χ0n) is 28.2. The molecule has 0 saturated carbocycles. The van der Waals surface area contributed by atoms with Crippen molar-refractivity contribution in [1.82, 2.24) is 9.13 Å². The average molecular weight is 746 g/mol. The highest BCUT2D eigenvalue weighted by molar-refractivity contribution is 6.12. The Bertz CT molecular complexity index is 3100. The van der Waals surface area contributed by atoms with Crippen molar-refractivity contribution in [3.8, 4) is 52.8 Å². The second-order valence-electron chi connectivity index (χ2n) is 12.8. The quantitative estimate of drug-likeness (QED) is 0.166. The summed E-state index contributed by atoms with van der Waals surface area (Å²) >= 11 is 0. The number of alkyl halides is 6. The van der Waals surface area contributed by atoms with Crippen LogP contribution >= 0.6 is 0 Å². The molecule has 0 aliphatic carbocycles. The zero-order chi connectivity index (χ0) is 39.7. The Kier molecular flexibility index (Phi) is 7.83. The van der Waals surface area contributed by atoms with Crippen LogP contribution in [0, 0.1) is 56.7 Å². The Morgan fingerprint density at radius 1 is 0.393 bits per heavy atom. The van der Waals surface area contributed by atoms with Gasteiger partial charge in [-0.25, -0.2) is 0 Å². The average Bonchev–Trinajstić information content (AvgIpc) is 3.69. The van der Waals surface area contributed by atoms with Crippen molar-refractivity contribution in [3.05, 3.63) is 142 Å². The van der Waals surface area contributed by atoms with E-state index in [4.69, 9.17) is 0 Å². The van der Waals surface area contributed by atoms with Gasteiger partial charge in [0.25, 0.3) is 0 Å². The third-order valence-electron chi connectivity index (χ3n) is 9.71. The first-order valence-electron chi connectivity index (χ1n) is 16.4. The lowest BCUT2D eigenvalue weighted by atomic mass is 9.93. The molecule has 6 aromatic carbocycles. The molecule has 0 unspecified atom stereocenters. The molecule has 0 radical (unpaired) electrons. The van der Waals surface area contributed by atoms with E-state index in [0.717, 1.165) is 6.07 Å². The molecule has 13 heteroatoms. The van der Waals surface area contributed by atoms with Crippen LogP contribution < -0.4 is 0 Å². The number of fused-ring (bicyclic) bond motifs is 6. The van der Waals surface area contributed by atoms with Gasteiger partial charge in [0, 0.05) is 27.1 Å². The molecular formula is C43H17F6N7. The predicted octanol–water partition coefficient (Wildman–Crippen LogP) is 10.9. The number of rotatable bonds is 3. The first-order valence-corrected chi connectivity index (χ1v) is 16.4. The van der Waals surface area contributed by atoms with Gasteiger partial charge < -0.3 is 9.13 Å². The molecule has 0 atom stereocenters. The summed E-state index contributed by atoms with van der Waals surface area (Å²) in [6.45, 7) is 0. The van der Waals surface area contributed by atoms with E-state index in [-0.39, 0.29) is 50.8 Å². The third-order valence-corrected chi connectivity index (χ3v) is 9.71. The maximum atomic E-state index is 15.0. The minimum absolute atomic E-state index is 0.000599. The molecule has 2 aromatic heterocycles. The molecule has 0 N–H and O–H groups in total. The summed E-state index contributed by atoms with van der Waals surface area (Å²) in [5.74, 6) is 0. The molecule has 8 aromatic rings. The number of nitriles is 5. The zero-order valence-corrected chi connectivity index (χ0v) is 28.2. The van der Waals surface area contributed by atoms with Crippen molar-refractivity contribution >= 4 is 43.6 Å². The van der Waals surface area contributed by atoms with E-state index in [1.807, 2.05) is 12.1 Å². The number of aromatic nitrogens is 2. The van der Waals surface area contributed by atoms with Crippen LogP contribution in [0.5, 0.6) is 0 Å². The van der Waals surface area contributed by atoms with Gasteiger partial charge in [-0.1, -0.05) is 30.3 Å². The van der Waals surface area contributed by atoms with Gasteiger partial charge in [0.05, 0.1) is 96.7 Å². The third kappa shape index (κ3) is 5.41. The standard InChI is InChI=1S/C43H17F6N7/c44-42(45,46)28-5-10-29(35(16-28)43(47,48)49)34-17-36(55-37-11-23(18-50)1-6-30(37)31-7-2-24(19-51)12-38(31)55)27(22-54)15-41(34)56-39-13-25(20-52)3-8-32(39)33-9-4-26(21-53)14-40(33)56/h1-17H. The van der Waals surface area contributed by atoms with Gasteiger partial charge in [-0.05, 0) is 78.4 Å². The van der Waals surface area contributed by atoms with Crippen LogP contribution in [-0.2, 0) is 12.4 Å². The van der Waals surface area contributed by atoms with Gasteiger partial charge in [-0.2, -0.15) is 52.7 Å². The number of nitrogens with zero attached hydrogens (tertiary/aromatic N) is 7. The number of halogens is 6. The number of hydrogen-bond acceptors (Lipinski definition) is 5. The maximum absolute atomic E-state index is 15.0. The van der Waals surface area contributed by atoms with Crippen molar-refractivity contribution in [2.75, 3.05) is 0 Å². The monoisotopic (exact) mass is 745 g/mol. The molecule has 8 rings (SSSR count). The highest BCUT2D eigenvalue weighted by Gasteiger charge is 2.39. The topological polar surface area (TPSA) is 129 Å². The van der Waals surface area contributed by atoms with Gasteiger partial charge in [-0.3, -0.25) is 0 Å². The van der Waals surface area contributed by atoms with Crippen LogP contribution in [0.4, 0.5) is 26.3 Å². The summed E-state index contributed by atoms with van der Waals surface area (Å²) in [5, 5.41) is 52.3. The normalized spacial score (nSPS) is 11.7. The van der Waals surface area contributed by atoms with Crippen LogP contribution in [0.15, 0.2) is 103 Å². The van der Waals surface area contributed by atoms with E-state index in [9.17, 15) is 39.5 Å². The number of hydrogen-bond donors (Lipinski definition) is 0. The van der Waals surface area contributed by atoms with Gasteiger partial charge in [0.2, 0.25) is 0 Å². The van der Waals surface area contributed by atoms with E-state index in [1.54, 1.807) is 48.5 Å². The Morgan fingerprint density at radius 2 is 0.804 bits per heavy atom. The lowest BCUT2D eigenvalue weighted by molar-refractivity contribution is -0.142. The summed E-state index contributed by atoms with van der Waals surface area (Å²) in [7, 11) is 0. The summed E-state index contributed by atoms with van der Waals surface area (Å²) in [5.41, 5.74) is -2.11. The largest absolute Gasteiger partial charge is 0.417 e. The first kappa shape index (κ1) is 35.0. The molecule has 0 amide bonds. The summed E-state index contributed by atoms with van der Waals surface area (Å²) in [6, 6.07) is 33.0. The van der Waals surface area contributed by atoms with Crippen molar-refractivity contribution < 1.29 is 26.3 Å². The van der Waals surface area contributed by atoms with E-state index >= 15 is 13.2 Å². The number of benzene rings is 6. The minimum Gasteiger partial charge on any atom is -0.308 e. The predicted molar refractivity (Wildman–Crippen MR) is 194 cm³/mol. The summed E-state index contributed by atoms with van der Waals surface area (Å²) in [6.07, 6.45) is -10.4. The van der Waals surface area contributed by atoms with Gasteiger partial charge in [-0.15, -0.1) is 0 Å². The first-order chi connectivity index (χ1) is 26.8.